The Hall–Kier alpha value is -2.43. The van der Waals surface area contributed by atoms with Crippen molar-refractivity contribution >= 4 is 11.6 Å². The van der Waals surface area contributed by atoms with Crippen molar-refractivity contribution in [2.45, 2.75) is 13.3 Å². The molecule has 1 saturated heterocycles. The molecule has 0 spiro atoms. The summed E-state index contributed by atoms with van der Waals surface area (Å²) in [4.78, 5) is 16.4. The molecule has 3 nitrogen and oxygen atoms in total. The molecular weight excluding hydrogens is 310 g/mol. The molecule has 0 aliphatic carbocycles. The summed E-state index contributed by atoms with van der Waals surface area (Å²) in [6.45, 7) is 4.71. The van der Waals surface area contributed by atoms with Crippen molar-refractivity contribution < 1.29 is 13.6 Å². The van der Waals surface area contributed by atoms with Crippen LogP contribution in [0.25, 0.3) is 0 Å². The van der Waals surface area contributed by atoms with Gasteiger partial charge in [0.15, 0.2) is 11.6 Å². The predicted molar refractivity (Wildman–Crippen MR) is 90.3 cm³/mol. The van der Waals surface area contributed by atoms with Gasteiger partial charge in [-0.05, 0) is 36.2 Å². The Labute approximate surface area is 140 Å². The molecule has 1 aliphatic heterocycles. The molecule has 126 valence electrons. The van der Waals surface area contributed by atoms with E-state index in [1.54, 1.807) is 4.90 Å². The van der Waals surface area contributed by atoms with E-state index in [4.69, 9.17) is 0 Å². The van der Waals surface area contributed by atoms with Gasteiger partial charge in [-0.25, -0.2) is 8.78 Å². The maximum atomic E-state index is 13.3. The number of rotatable bonds is 3. The fourth-order valence-corrected chi connectivity index (χ4v) is 3.08. The van der Waals surface area contributed by atoms with Gasteiger partial charge in [-0.3, -0.25) is 4.79 Å². The molecule has 24 heavy (non-hydrogen) atoms. The molecule has 1 heterocycles. The number of carbonyl (C=O) groups excluding carboxylic acids is 1. The summed E-state index contributed by atoms with van der Waals surface area (Å²) in [7, 11) is 0. The van der Waals surface area contributed by atoms with Crippen LogP contribution in [0, 0.1) is 11.6 Å². The molecule has 0 N–H and O–H groups in total. The van der Waals surface area contributed by atoms with Gasteiger partial charge in [0.05, 0.1) is 0 Å². The topological polar surface area (TPSA) is 23.6 Å². The van der Waals surface area contributed by atoms with E-state index in [-0.39, 0.29) is 11.5 Å². The summed E-state index contributed by atoms with van der Waals surface area (Å²) in [5.41, 5.74) is 2.69. The lowest BCUT2D eigenvalue weighted by atomic mass is 10.1. The summed E-state index contributed by atoms with van der Waals surface area (Å²) in [5, 5.41) is 0. The molecule has 1 fully saturated rings. The monoisotopic (exact) mass is 330 g/mol. The Morgan fingerprint density at radius 2 is 1.71 bits per heavy atom. The quantitative estimate of drug-likeness (QED) is 0.860. The fraction of sp³-hybridized carbons (Fsp3) is 0.316. The SMILES string of the molecule is CCc1ccccc1N1CCN(C(=O)c2ccc(F)c(F)c2)CC1. The first kappa shape index (κ1) is 16.4. The van der Waals surface area contributed by atoms with Crippen molar-refractivity contribution in [1.82, 2.24) is 4.90 Å². The number of hydrogen-bond donors (Lipinski definition) is 0. The summed E-state index contributed by atoms with van der Waals surface area (Å²) in [6.07, 6.45) is 0.962. The molecule has 2 aromatic carbocycles. The molecule has 0 radical (unpaired) electrons. The van der Waals surface area contributed by atoms with Gasteiger partial charge < -0.3 is 9.80 Å². The van der Waals surface area contributed by atoms with Gasteiger partial charge in [0, 0.05) is 37.4 Å². The molecule has 0 atom stereocenters. The van der Waals surface area contributed by atoms with Crippen LogP contribution in [0.1, 0.15) is 22.8 Å². The van der Waals surface area contributed by atoms with Gasteiger partial charge in [-0.2, -0.15) is 0 Å². The Balaban J connectivity index is 1.68. The first-order chi connectivity index (χ1) is 11.6. The minimum Gasteiger partial charge on any atom is -0.368 e. The number of halogens is 2. The molecule has 3 rings (SSSR count). The van der Waals surface area contributed by atoms with Crippen molar-refractivity contribution in [3.63, 3.8) is 0 Å². The Kier molecular flexibility index (Phi) is 4.79. The lowest BCUT2D eigenvalue weighted by Crippen LogP contribution is -2.49. The van der Waals surface area contributed by atoms with Crippen LogP contribution in [0.3, 0.4) is 0 Å². The molecule has 1 aliphatic rings. The highest BCUT2D eigenvalue weighted by Gasteiger charge is 2.23. The minimum absolute atomic E-state index is 0.191. The van der Waals surface area contributed by atoms with Crippen molar-refractivity contribution in [1.29, 1.82) is 0 Å². The lowest BCUT2D eigenvalue weighted by Gasteiger charge is -2.37. The second-order valence-electron chi connectivity index (χ2n) is 5.89. The van der Waals surface area contributed by atoms with Gasteiger partial charge in [-0.1, -0.05) is 25.1 Å². The lowest BCUT2D eigenvalue weighted by molar-refractivity contribution is 0.0746. The summed E-state index contributed by atoms with van der Waals surface area (Å²) < 4.78 is 26.3. The number of nitrogens with zero attached hydrogens (tertiary/aromatic N) is 2. The van der Waals surface area contributed by atoms with Crippen LogP contribution < -0.4 is 4.90 Å². The Morgan fingerprint density at radius 1 is 1.00 bits per heavy atom. The molecular formula is C19H20F2N2O. The standard InChI is InChI=1S/C19H20F2N2O/c1-2-14-5-3-4-6-18(14)22-9-11-23(12-10-22)19(24)15-7-8-16(20)17(21)13-15/h3-8,13H,2,9-12H2,1H3. The van der Waals surface area contributed by atoms with E-state index in [1.807, 2.05) is 12.1 Å². The van der Waals surface area contributed by atoms with E-state index in [0.717, 1.165) is 31.6 Å². The van der Waals surface area contributed by atoms with Crippen LogP contribution in [0.2, 0.25) is 0 Å². The molecule has 5 heteroatoms. The number of piperazine rings is 1. The number of hydrogen-bond acceptors (Lipinski definition) is 2. The van der Waals surface area contributed by atoms with Crippen LogP contribution in [0.5, 0.6) is 0 Å². The zero-order chi connectivity index (χ0) is 17.1. The van der Waals surface area contributed by atoms with Crippen LogP contribution in [-0.2, 0) is 6.42 Å². The van der Waals surface area contributed by atoms with Crippen LogP contribution in [-0.4, -0.2) is 37.0 Å². The Bertz CT molecular complexity index is 740. The summed E-state index contributed by atoms with van der Waals surface area (Å²) in [5.74, 6) is -2.18. The van der Waals surface area contributed by atoms with Crippen molar-refractivity contribution in [2.24, 2.45) is 0 Å². The number of anilines is 1. The second-order valence-corrected chi connectivity index (χ2v) is 5.89. The highest BCUT2D eigenvalue weighted by Crippen LogP contribution is 2.23. The Morgan fingerprint density at radius 3 is 2.38 bits per heavy atom. The minimum atomic E-state index is -0.989. The first-order valence-corrected chi connectivity index (χ1v) is 8.17. The van der Waals surface area contributed by atoms with Gasteiger partial charge in [0.25, 0.3) is 5.91 Å². The predicted octanol–water partition coefficient (Wildman–Crippen LogP) is 3.49. The highest BCUT2D eigenvalue weighted by atomic mass is 19.2. The average Bonchev–Trinajstić information content (AvgIpc) is 2.63. The third kappa shape index (κ3) is 3.25. The van der Waals surface area contributed by atoms with Crippen LogP contribution in [0.15, 0.2) is 42.5 Å². The molecule has 0 bridgehead atoms. The van der Waals surface area contributed by atoms with E-state index in [2.05, 4.69) is 24.0 Å². The summed E-state index contributed by atoms with van der Waals surface area (Å²) in [6, 6.07) is 11.6. The van der Waals surface area contributed by atoms with Gasteiger partial charge in [-0.15, -0.1) is 0 Å². The van der Waals surface area contributed by atoms with Gasteiger partial charge in [0.1, 0.15) is 0 Å². The molecule has 1 amide bonds. The number of para-hydroxylation sites is 1. The van der Waals surface area contributed by atoms with Crippen molar-refractivity contribution in [3.05, 3.63) is 65.2 Å². The van der Waals surface area contributed by atoms with Crippen LogP contribution >= 0.6 is 0 Å². The molecule has 2 aromatic rings. The smallest absolute Gasteiger partial charge is 0.254 e. The normalized spacial score (nSPS) is 14.8. The van der Waals surface area contributed by atoms with Crippen molar-refractivity contribution in [3.8, 4) is 0 Å². The maximum Gasteiger partial charge on any atom is 0.254 e. The van der Waals surface area contributed by atoms with E-state index in [9.17, 15) is 13.6 Å². The highest BCUT2D eigenvalue weighted by molar-refractivity contribution is 5.94. The van der Waals surface area contributed by atoms with Crippen LogP contribution in [0.4, 0.5) is 14.5 Å². The molecule has 0 saturated carbocycles. The number of amides is 1. The fourth-order valence-electron chi connectivity index (χ4n) is 3.08. The summed E-state index contributed by atoms with van der Waals surface area (Å²) >= 11 is 0. The second kappa shape index (κ2) is 6.99. The zero-order valence-electron chi connectivity index (χ0n) is 13.6. The number of benzene rings is 2. The molecule has 0 unspecified atom stereocenters. The first-order valence-electron chi connectivity index (χ1n) is 8.17. The van der Waals surface area contributed by atoms with Gasteiger partial charge >= 0.3 is 0 Å². The largest absolute Gasteiger partial charge is 0.368 e. The van der Waals surface area contributed by atoms with E-state index < -0.39 is 11.6 Å². The number of aryl methyl sites for hydroxylation is 1. The van der Waals surface area contributed by atoms with Gasteiger partial charge in [0.2, 0.25) is 0 Å². The van der Waals surface area contributed by atoms with E-state index in [0.29, 0.717) is 13.1 Å². The number of carbonyl (C=O) groups is 1. The molecule has 0 aromatic heterocycles. The maximum absolute atomic E-state index is 13.3. The van der Waals surface area contributed by atoms with E-state index in [1.165, 1.54) is 17.3 Å². The third-order valence-corrected chi connectivity index (χ3v) is 4.45. The van der Waals surface area contributed by atoms with E-state index >= 15 is 0 Å². The average molecular weight is 330 g/mol. The third-order valence-electron chi connectivity index (χ3n) is 4.45. The van der Waals surface area contributed by atoms with Crippen molar-refractivity contribution in [2.75, 3.05) is 31.1 Å². The zero-order valence-corrected chi connectivity index (χ0v) is 13.6.